The first-order chi connectivity index (χ1) is 18.2. The summed E-state index contributed by atoms with van der Waals surface area (Å²) in [5.74, 6) is 5.59. The molecular weight excluding hydrogens is 484 g/mol. The molecule has 1 saturated carbocycles. The fourth-order valence-corrected chi connectivity index (χ4v) is 4.85. The molecule has 3 atom stereocenters. The molecule has 9 heteroatoms. The van der Waals surface area contributed by atoms with Crippen LogP contribution in [0.2, 0.25) is 0 Å². The van der Waals surface area contributed by atoms with Gasteiger partial charge in [-0.05, 0) is 50.3 Å². The molecule has 2 aliphatic rings. The number of hydrogen-bond donors (Lipinski definition) is 2. The lowest BCUT2D eigenvalue weighted by atomic mass is 9.99. The Morgan fingerprint density at radius 3 is 2.79 bits per heavy atom. The lowest BCUT2D eigenvalue weighted by Gasteiger charge is -2.37. The van der Waals surface area contributed by atoms with Gasteiger partial charge in [0.15, 0.2) is 0 Å². The lowest BCUT2D eigenvalue weighted by molar-refractivity contribution is -0.130. The zero-order valence-corrected chi connectivity index (χ0v) is 22.3. The number of carbonyl (C=O) groups excluding carboxylic acids is 2. The maximum Gasteiger partial charge on any atom is 0.259 e. The first-order valence-electron chi connectivity index (χ1n) is 13.2. The Morgan fingerprint density at radius 1 is 1.34 bits per heavy atom. The summed E-state index contributed by atoms with van der Waals surface area (Å²) in [5, 5.41) is 20.5. The summed E-state index contributed by atoms with van der Waals surface area (Å²) in [6.07, 6.45) is 7.80. The zero-order chi connectivity index (χ0) is 27.3. The maximum atomic E-state index is 13.6. The molecule has 1 aliphatic heterocycles. The van der Waals surface area contributed by atoms with Gasteiger partial charge in [0.25, 0.3) is 5.91 Å². The number of fused-ring (bicyclic) bond motifs is 1. The fourth-order valence-electron chi connectivity index (χ4n) is 4.85. The summed E-state index contributed by atoms with van der Waals surface area (Å²) in [7, 11) is 1.73. The highest BCUT2D eigenvalue weighted by Gasteiger charge is 2.35. The summed E-state index contributed by atoms with van der Waals surface area (Å²) in [4.78, 5) is 38.2. The Morgan fingerprint density at radius 2 is 2.11 bits per heavy atom. The van der Waals surface area contributed by atoms with Crippen LogP contribution < -0.4 is 4.74 Å². The van der Waals surface area contributed by atoms with Gasteiger partial charge >= 0.3 is 0 Å². The van der Waals surface area contributed by atoms with Crippen molar-refractivity contribution >= 4 is 11.8 Å². The van der Waals surface area contributed by atoms with E-state index in [1.165, 1.54) is 6.20 Å². The van der Waals surface area contributed by atoms with Gasteiger partial charge in [0.1, 0.15) is 17.3 Å². The highest BCUT2D eigenvalue weighted by molar-refractivity contribution is 5.97. The number of nitrogens with zero attached hydrogens (tertiary/aromatic N) is 4. The van der Waals surface area contributed by atoms with Crippen LogP contribution in [-0.2, 0) is 11.2 Å². The van der Waals surface area contributed by atoms with E-state index in [1.54, 1.807) is 48.3 Å². The van der Waals surface area contributed by atoms with Crippen LogP contribution in [-0.4, -0.2) is 86.3 Å². The molecule has 4 rings (SSSR count). The van der Waals surface area contributed by atoms with Gasteiger partial charge in [-0.1, -0.05) is 24.8 Å². The Kier molecular flexibility index (Phi) is 8.65. The minimum atomic E-state index is -1.00. The van der Waals surface area contributed by atoms with E-state index in [1.807, 2.05) is 13.0 Å². The molecule has 38 heavy (non-hydrogen) atoms. The van der Waals surface area contributed by atoms with Gasteiger partial charge in [-0.3, -0.25) is 14.6 Å². The summed E-state index contributed by atoms with van der Waals surface area (Å²) < 4.78 is 6.28. The van der Waals surface area contributed by atoms with Gasteiger partial charge in [0.05, 0.1) is 25.6 Å². The van der Waals surface area contributed by atoms with Gasteiger partial charge in [-0.2, -0.15) is 0 Å². The molecule has 2 aromatic rings. The molecule has 2 amide bonds. The minimum Gasteiger partial charge on any atom is -0.472 e. The number of aliphatic hydroxyl groups is 2. The summed E-state index contributed by atoms with van der Waals surface area (Å²) in [6.45, 7) is 4.19. The van der Waals surface area contributed by atoms with Crippen molar-refractivity contribution in [1.29, 1.82) is 0 Å². The molecule has 1 aliphatic carbocycles. The van der Waals surface area contributed by atoms with E-state index in [0.717, 1.165) is 18.4 Å². The molecule has 0 bridgehead atoms. The van der Waals surface area contributed by atoms with Crippen LogP contribution in [0.25, 0.3) is 0 Å². The number of aliphatic hydroxyl groups excluding tert-OH is 1. The molecule has 0 saturated heterocycles. The fraction of sp³-hybridized carbons (Fsp3) is 0.517. The van der Waals surface area contributed by atoms with Gasteiger partial charge < -0.3 is 24.7 Å². The first kappa shape index (κ1) is 27.6. The lowest BCUT2D eigenvalue weighted by Crippen LogP contribution is -2.50. The average molecular weight is 521 g/mol. The van der Waals surface area contributed by atoms with Crippen molar-refractivity contribution in [1.82, 2.24) is 19.8 Å². The largest absolute Gasteiger partial charge is 0.472 e. The van der Waals surface area contributed by atoms with Crippen molar-refractivity contribution in [3.63, 3.8) is 0 Å². The van der Waals surface area contributed by atoms with Crippen molar-refractivity contribution in [2.45, 2.75) is 63.7 Å². The molecule has 9 nitrogen and oxygen atoms in total. The smallest absolute Gasteiger partial charge is 0.259 e. The Hall–Kier alpha value is -3.48. The quantitative estimate of drug-likeness (QED) is 0.560. The number of hydrogen-bond acceptors (Lipinski definition) is 7. The minimum absolute atomic E-state index is 0.0730. The molecule has 0 spiro atoms. The van der Waals surface area contributed by atoms with Crippen LogP contribution in [0.4, 0.5) is 0 Å². The van der Waals surface area contributed by atoms with Gasteiger partial charge in [0, 0.05) is 43.7 Å². The third kappa shape index (κ3) is 6.50. The van der Waals surface area contributed by atoms with Crippen molar-refractivity contribution in [3.05, 3.63) is 53.5 Å². The monoisotopic (exact) mass is 520 g/mol. The van der Waals surface area contributed by atoms with E-state index in [4.69, 9.17) is 4.74 Å². The summed E-state index contributed by atoms with van der Waals surface area (Å²) >= 11 is 0. The Balaban J connectivity index is 1.60. The number of pyridine rings is 2. The molecular formula is C29H36N4O5. The topological polar surface area (TPSA) is 116 Å². The molecule has 2 aromatic heterocycles. The number of aromatic nitrogens is 2. The van der Waals surface area contributed by atoms with Crippen molar-refractivity contribution in [2.24, 2.45) is 5.92 Å². The van der Waals surface area contributed by atoms with Crippen LogP contribution in [0, 0.1) is 17.8 Å². The number of ether oxygens (including phenoxy) is 1. The maximum absolute atomic E-state index is 13.6. The summed E-state index contributed by atoms with van der Waals surface area (Å²) in [5.41, 5.74) is 0.575. The summed E-state index contributed by atoms with van der Waals surface area (Å²) in [6, 6.07) is 4.87. The Labute approximate surface area is 223 Å². The van der Waals surface area contributed by atoms with E-state index in [-0.39, 0.29) is 42.2 Å². The molecule has 202 valence electrons. The van der Waals surface area contributed by atoms with E-state index in [9.17, 15) is 19.8 Å². The number of rotatable bonds is 6. The van der Waals surface area contributed by atoms with Crippen molar-refractivity contribution < 1.29 is 24.5 Å². The molecule has 2 N–H and O–H groups in total. The zero-order valence-electron chi connectivity index (χ0n) is 22.3. The standard InChI is InChI=1S/C29H36N4O5/c1-20-17-33(21(2)19-34)28(36)24-13-23(8-11-29(37)9-4-5-10-29)16-31-27(24)38-25(20)18-32(3)26(35)14-22-7-6-12-30-15-22/h6-7,12-13,15-16,20-21,25,34,37H,4-5,9-10,14,17-19H2,1-3H3/t20-,21-,25-/m1/s1. The molecule has 3 heterocycles. The number of likely N-dealkylation sites (N-methyl/N-ethyl adjacent to an activating group) is 1. The van der Waals surface area contributed by atoms with E-state index in [2.05, 4.69) is 21.8 Å². The third-order valence-corrected chi connectivity index (χ3v) is 7.35. The Bertz CT molecular complexity index is 1200. The number of carbonyl (C=O) groups is 2. The number of amides is 2. The molecule has 0 unspecified atom stereocenters. The predicted molar refractivity (Wildman–Crippen MR) is 141 cm³/mol. The molecule has 1 fully saturated rings. The third-order valence-electron chi connectivity index (χ3n) is 7.35. The van der Waals surface area contributed by atoms with Gasteiger partial charge in [-0.25, -0.2) is 4.98 Å². The van der Waals surface area contributed by atoms with E-state index < -0.39 is 17.7 Å². The van der Waals surface area contributed by atoms with Crippen LogP contribution in [0.3, 0.4) is 0 Å². The van der Waals surface area contributed by atoms with Crippen LogP contribution in [0.5, 0.6) is 5.88 Å². The highest BCUT2D eigenvalue weighted by Crippen LogP contribution is 2.30. The second-order valence-electron chi connectivity index (χ2n) is 10.5. The van der Waals surface area contributed by atoms with E-state index in [0.29, 0.717) is 31.5 Å². The SMILES string of the molecule is C[C@@H]1CN([C@H](C)CO)C(=O)c2cc(C#CC3(O)CCCC3)cnc2O[C@@H]1CN(C)C(=O)Cc1cccnc1. The van der Waals surface area contributed by atoms with Crippen molar-refractivity contribution in [2.75, 3.05) is 26.7 Å². The average Bonchev–Trinajstić information content (AvgIpc) is 3.36. The highest BCUT2D eigenvalue weighted by atomic mass is 16.5. The van der Waals surface area contributed by atoms with Gasteiger partial charge in [0.2, 0.25) is 11.8 Å². The van der Waals surface area contributed by atoms with E-state index >= 15 is 0 Å². The normalized spacial score (nSPS) is 21.3. The first-order valence-corrected chi connectivity index (χ1v) is 13.2. The second-order valence-corrected chi connectivity index (χ2v) is 10.5. The van der Waals surface area contributed by atoms with Crippen LogP contribution >= 0.6 is 0 Å². The van der Waals surface area contributed by atoms with Gasteiger partial charge in [-0.15, -0.1) is 0 Å². The second kappa shape index (κ2) is 11.9. The van der Waals surface area contributed by atoms with Crippen LogP contribution in [0.1, 0.15) is 61.0 Å². The molecule has 0 radical (unpaired) electrons. The van der Waals surface area contributed by atoms with Crippen LogP contribution in [0.15, 0.2) is 36.8 Å². The predicted octanol–water partition coefficient (Wildman–Crippen LogP) is 2.05. The van der Waals surface area contributed by atoms with Crippen molar-refractivity contribution in [3.8, 4) is 17.7 Å². The molecule has 0 aromatic carbocycles.